The number of hydrogen-bond acceptors (Lipinski definition) is 4. The lowest BCUT2D eigenvalue weighted by Gasteiger charge is -2.10. The highest BCUT2D eigenvalue weighted by molar-refractivity contribution is 5.76. The van der Waals surface area contributed by atoms with Crippen LogP contribution in [-0.4, -0.2) is 30.7 Å². The molecular formula is C6H13NO3. The Morgan fingerprint density at radius 3 is 2.70 bits per heavy atom. The van der Waals surface area contributed by atoms with Gasteiger partial charge in [-0.05, 0) is 14.0 Å². The van der Waals surface area contributed by atoms with Gasteiger partial charge in [-0.1, -0.05) is 0 Å². The molecule has 0 saturated heterocycles. The maximum absolute atomic E-state index is 10.5. The summed E-state index contributed by atoms with van der Waals surface area (Å²) < 4.78 is 0. The zero-order valence-corrected chi connectivity index (χ0v) is 6.26. The first-order valence-electron chi connectivity index (χ1n) is 3.13. The molecule has 0 aromatic carbocycles. The summed E-state index contributed by atoms with van der Waals surface area (Å²) >= 11 is 0. The van der Waals surface area contributed by atoms with Gasteiger partial charge in [-0.2, -0.15) is 0 Å². The Hall–Kier alpha value is -0.450. The van der Waals surface area contributed by atoms with E-state index in [1.165, 1.54) is 6.92 Å². The van der Waals surface area contributed by atoms with E-state index in [0.29, 0.717) is 6.42 Å². The topological polar surface area (TPSA) is 58.6 Å². The lowest BCUT2D eigenvalue weighted by molar-refractivity contribution is -0.246. The summed E-state index contributed by atoms with van der Waals surface area (Å²) in [6.45, 7) is 1.65. The van der Waals surface area contributed by atoms with Crippen molar-refractivity contribution in [2.24, 2.45) is 0 Å². The van der Waals surface area contributed by atoms with Crippen molar-refractivity contribution in [3.05, 3.63) is 0 Å². The highest BCUT2D eigenvalue weighted by Crippen LogP contribution is 1.91. The van der Waals surface area contributed by atoms with Crippen molar-refractivity contribution in [1.29, 1.82) is 0 Å². The van der Waals surface area contributed by atoms with E-state index in [1.54, 1.807) is 7.05 Å². The number of likely N-dealkylation sites (N-methyl/N-ethyl adjacent to an activating group) is 1. The minimum atomic E-state index is -0.0810. The first-order valence-corrected chi connectivity index (χ1v) is 3.13. The van der Waals surface area contributed by atoms with E-state index >= 15 is 0 Å². The molecule has 0 spiro atoms. The van der Waals surface area contributed by atoms with Crippen LogP contribution in [0.5, 0.6) is 0 Å². The SMILES string of the molecule is CNC(COO)CC(C)=O. The van der Waals surface area contributed by atoms with Gasteiger partial charge in [0.25, 0.3) is 0 Å². The maximum Gasteiger partial charge on any atom is 0.131 e. The highest BCUT2D eigenvalue weighted by atomic mass is 17.1. The molecule has 0 bridgehead atoms. The van der Waals surface area contributed by atoms with Gasteiger partial charge in [-0.25, -0.2) is 4.89 Å². The second kappa shape index (κ2) is 5.34. The Balaban J connectivity index is 3.49. The molecule has 0 fully saturated rings. The molecule has 0 saturated carbocycles. The van der Waals surface area contributed by atoms with Gasteiger partial charge in [-0.15, -0.1) is 0 Å². The molecule has 0 aromatic rings. The van der Waals surface area contributed by atoms with E-state index in [4.69, 9.17) is 5.26 Å². The molecule has 0 aliphatic heterocycles. The summed E-state index contributed by atoms with van der Waals surface area (Å²) in [4.78, 5) is 14.4. The van der Waals surface area contributed by atoms with Crippen molar-refractivity contribution in [2.75, 3.05) is 13.7 Å². The Bertz CT molecular complexity index is 105. The molecule has 0 rings (SSSR count). The summed E-state index contributed by atoms with van der Waals surface area (Å²) in [6, 6.07) is -0.0810. The monoisotopic (exact) mass is 147 g/mol. The molecule has 1 unspecified atom stereocenters. The summed E-state index contributed by atoms with van der Waals surface area (Å²) in [5.41, 5.74) is 0. The van der Waals surface area contributed by atoms with Gasteiger partial charge < -0.3 is 5.32 Å². The number of carbonyl (C=O) groups is 1. The van der Waals surface area contributed by atoms with Crippen LogP contribution in [0.1, 0.15) is 13.3 Å². The molecule has 10 heavy (non-hydrogen) atoms. The normalized spacial score (nSPS) is 13.1. The van der Waals surface area contributed by atoms with Gasteiger partial charge in [0.15, 0.2) is 0 Å². The number of hydrogen-bond donors (Lipinski definition) is 2. The molecule has 0 radical (unpaired) electrons. The van der Waals surface area contributed by atoms with Crippen molar-refractivity contribution in [3.63, 3.8) is 0 Å². The van der Waals surface area contributed by atoms with Crippen LogP contribution in [0.2, 0.25) is 0 Å². The Labute approximate surface area is 60.1 Å². The molecule has 0 aromatic heterocycles. The van der Waals surface area contributed by atoms with Crippen LogP contribution in [0.3, 0.4) is 0 Å². The molecule has 4 nitrogen and oxygen atoms in total. The zero-order chi connectivity index (χ0) is 7.98. The van der Waals surface area contributed by atoms with E-state index < -0.39 is 0 Å². The van der Waals surface area contributed by atoms with Crippen LogP contribution in [0.25, 0.3) is 0 Å². The predicted molar refractivity (Wildman–Crippen MR) is 36.7 cm³/mol. The van der Waals surface area contributed by atoms with Crippen LogP contribution in [0.4, 0.5) is 0 Å². The largest absolute Gasteiger partial charge is 0.314 e. The Morgan fingerprint density at radius 2 is 2.40 bits per heavy atom. The molecule has 0 amide bonds. The number of nitrogens with one attached hydrogen (secondary N) is 1. The molecule has 4 heteroatoms. The highest BCUT2D eigenvalue weighted by Gasteiger charge is 2.07. The summed E-state index contributed by atoms with van der Waals surface area (Å²) in [6.07, 6.45) is 0.386. The second-order valence-corrected chi connectivity index (χ2v) is 2.19. The van der Waals surface area contributed by atoms with Gasteiger partial charge in [0, 0.05) is 12.5 Å². The second-order valence-electron chi connectivity index (χ2n) is 2.19. The van der Waals surface area contributed by atoms with E-state index in [9.17, 15) is 4.79 Å². The fourth-order valence-electron chi connectivity index (χ4n) is 0.681. The third kappa shape index (κ3) is 4.43. The first-order chi connectivity index (χ1) is 4.70. The summed E-state index contributed by atoms with van der Waals surface area (Å²) in [7, 11) is 1.71. The molecule has 0 aliphatic carbocycles. The van der Waals surface area contributed by atoms with Gasteiger partial charge in [-0.3, -0.25) is 10.1 Å². The van der Waals surface area contributed by atoms with Crippen LogP contribution in [0.15, 0.2) is 0 Å². The average Bonchev–Trinajstić information content (AvgIpc) is 1.86. The van der Waals surface area contributed by atoms with E-state index in [-0.39, 0.29) is 18.4 Å². The summed E-state index contributed by atoms with van der Waals surface area (Å²) in [5.74, 6) is 0.0800. The van der Waals surface area contributed by atoms with Gasteiger partial charge in [0.05, 0.1) is 6.61 Å². The minimum Gasteiger partial charge on any atom is -0.314 e. The standard InChI is InChI=1S/C6H13NO3/c1-5(8)3-6(7-2)4-10-9/h6-7,9H,3-4H2,1-2H3. The van der Waals surface area contributed by atoms with Crippen LogP contribution >= 0.6 is 0 Å². The maximum atomic E-state index is 10.5. The van der Waals surface area contributed by atoms with Gasteiger partial charge >= 0.3 is 0 Å². The number of Topliss-reactive ketones (excluding diaryl/α,β-unsaturated/α-hetero) is 1. The predicted octanol–water partition coefficient (Wildman–Crippen LogP) is 0.0431. The van der Waals surface area contributed by atoms with Crippen LogP contribution in [0, 0.1) is 0 Å². The third-order valence-electron chi connectivity index (χ3n) is 1.22. The Kier molecular flexibility index (Phi) is 5.10. The van der Waals surface area contributed by atoms with Crippen LogP contribution < -0.4 is 5.32 Å². The molecule has 1 atom stereocenters. The van der Waals surface area contributed by atoms with Crippen molar-refractivity contribution in [2.45, 2.75) is 19.4 Å². The lowest BCUT2D eigenvalue weighted by Crippen LogP contribution is -2.31. The lowest BCUT2D eigenvalue weighted by atomic mass is 10.2. The third-order valence-corrected chi connectivity index (χ3v) is 1.22. The van der Waals surface area contributed by atoms with E-state index in [2.05, 4.69) is 10.2 Å². The van der Waals surface area contributed by atoms with Gasteiger partial charge in [0.1, 0.15) is 5.78 Å². The van der Waals surface area contributed by atoms with E-state index in [1.807, 2.05) is 0 Å². The minimum absolute atomic E-state index is 0.0800. The number of carbonyl (C=O) groups excluding carboxylic acids is 1. The zero-order valence-electron chi connectivity index (χ0n) is 6.26. The summed E-state index contributed by atoms with van der Waals surface area (Å²) in [5, 5.41) is 10.9. The fraction of sp³-hybridized carbons (Fsp3) is 0.833. The van der Waals surface area contributed by atoms with Crippen molar-refractivity contribution in [1.82, 2.24) is 5.32 Å². The molecular weight excluding hydrogens is 134 g/mol. The molecule has 0 aliphatic rings. The van der Waals surface area contributed by atoms with Crippen molar-refractivity contribution in [3.8, 4) is 0 Å². The van der Waals surface area contributed by atoms with Crippen molar-refractivity contribution < 1.29 is 14.9 Å². The van der Waals surface area contributed by atoms with Gasteiger partial charge in [0.2, 0.25) is 0 Å². The number of rotatable bonds is 5. The molecule has 2 N–H and O–H groups in total. The molecule has 60 valence electrons. The smallest absolute Gasteiger partial charge is 0.131 e. The number of ketones is 1. The van der Waals surface area contributed by atoms with Crippen molar-refractivity contribution >= 4 is 5.78 Å². The quantitative estimate of drug-likeness (QED) is 0.426. The van der Waals surface area contributed by atoms with Crippen LogP contribution in [-0.2, 0) is 9.68 Å². The average molecular weight is 147 g/mol. The Morgan fingerprint density at radius 1 is 1.80 bits per heavy atom. The molecule has 0 heterocycles. The first kappa shape index (κ1) is 9.55. The van der Waals surface area contributed by atoms with E-state index in [0.717, 1.165) is 0 Å². The fourth-order valence-corrected chi connectivity index (χ4v) is 0.681.